The van der Waals surface area contributed by atoms with E-state index in [4.69, 9.17) is 5.73 Å². The predicted molar refractivity (Wildman–Crippen MR) is 47.2 cm³/mol. The van der Waals surface area contributed by atoms with Gasteiger partial charge < -0.3 is 5.73 Å². The smallest absolute Gasteiger partial charge is 0.351 e. The van der Waals surface area contributed by atoms with Crippen molar-refractivity contribution >= 4 is 17.5 Å². The van der Waals surface area contributed by atoms with Gasteiger partial charge in [0.25, 0.3) is 5.91 Å². The molecule has 1 aliphatic heterocycles. The fraction of sp³-hybridized carbons (Fsp3) is 0.111. The number of benzene rings is 1. The monoisotopic (exact) mass is 212 g/mol. The SMILES string of the molecule is Nc1cccc2c1C(=O)NC(=O)C2(F)F. The molecule has 0 unspecified atom stereocenters. The molecule has 1 aromatic rings. The van der Waals surface area contributed by atoms with E-state index in [1.54, 1.807) is 5.32 Å². The molecule has 3 N–H and O–H groups in total. The Balaban J connectivity index is 2.75. The number of carbonyl (C=O) groups excluding carboxylic acids is 2. The van der Waals surface area contributed by atoms with Crippen LogP contribution in [0.15, 0.2) is 18.2 Å². The summed E-state index contributed by atoms with van der Waals surface area (Å²) in [6, 6.07) is 3.61. The first-order chi connectivity index (χ1) is 6.94. The molecule has 4 nitrogen and oxygen atoms in total. The van der Waals surface area contributed by atoms with Gasteiger partial charge in [-0.1, -0.05) is 12.1 Å². The molecular weight excluding hydrogens is 206 g/mol. The van der Waals surface area contributed by atoms with Crippen molar-refractivity contribution in [2.75, 3.05) is 5.73 Å². The number of nitrogens with two attached hydrogens (primary N) is 1. The van der Waals surface area contributed by atoms with Crippen LogP contribution in [0.5, 0.6) is 0 Å². The molecule has 1 heterocycles. The summed E-state index contributed by atoms with van der Waals surface area (Å²) in [5.74, 6) is -6.22. The second-order valence-corrected chi connectivity index (χ2v) is 3.13. The van der Waals surface area contributed by atoms with Crippen molar-refractivity contribution in [2.45, 2.75) is 5.92 Å². The Morgan fingerprint density at radius 1 is 1.27 bits per heavy atom. The van der Waals surface area contributed by atoms with Gasteiger partial charge in [-0.25, -0.2) is 0 Å². The summed E-state index contributed by atoms with van der Waals surface area (Å²) < 4.78 is 26.6. The van der Waals surface area contributed by atoms with E-state index in [9.17, 15) is 18.4 Å². The number of imide groups is 1. The summed E-state index contributed by atoms with van der Waals surface area (Å²) in [5, 5.41) is 1.56. The van der Waals surface area contributed by atoms with E-state index in [0.717, 1.165) is 6.07 Å². The summed E-state index contributed by atoms with van der Waals surface area (Å²) in [5.41, 5.74) is 4.35. The van der Waals surface area contributed by atoms with Crippen LogP contribution in [-0.4, -0.2) is 11.8 Å². The van der Waals surface area contributed by atoms with Crippen LogP contribution < -0.4 is 11.1 Å². The second-order valence-electron chi connectivity index (χ2n) is 3.13. The molecule has 1 aromatic carbocycles. The van der Waals surface area contributed by atoms with Gasteiger partial charge in [0.1, 0.15) is 0 Å². The molecule has 2 rings (SSSR count). The lowest BCUT2D eigenvalue weighted by Crippen LogP contribution is -2.47. The van der Waals surface area contributed by atoms with Gasteiger partial charge in [-0.15, -0.1) is 0 Å². The molecule has 2 amide bonds. The van der Waals surface area contributed by atoms with Gasteiger partial charge in [0, 0.05) is 11.3 Å². The average molecular weight is 212 g/mol. The van der Waals surface area contributed by atoms with E-state index in [1.165, 1.54) is 12.1 Å². The topological polar surface area (TPSA) is 72.2 Å². The highest BCUT2D eigenvalue weighted by Crippen LogP contribution is 2.36. The normalized spacial score (nSPS) is 18.3. The van der Waals surface area contributed by atoms with Crippen molar-refractivity contribution in [1.29, 1.82) is 0 Å². The number of carbonyl (C=O) groups is 2. The molecule has 0 atom stereocenters. The Bertz CT molecular complexity index is 471. The zero-order valence-corrected chi connectivity index (χ0v) is 7.38. The lowest BCUT2D eigenvalue weighted by Gasteiger charge is -2.24. The molecule has 0 radical (unpaired) electrons. The minimum atomic E-state index is -3.71. The molecule has 0 saturated heterocycles. The van der Waals surface area contributed by atoms with Crippen molar-refractivity contribution in [3.63, 3.8) is 0 Å². The lowest BCUT2D eigenvalue weighted by atomic mass is 9.95. The molecular formula is C9H6F2N2O2. The van der Waals surface area contributed by atoms with E-state index >= 15 is 0 Å². The average Bonchev–Trinajstić information content (AvgIpc) is 2.15. The Kier molecular flexibility index (Phi) is 1.76. The number of fused-ring (bicyclic) bond motifs is 1. The van der Waals surface area contributed by atoms with Crippen LogP contribution in [0.25, 0.3) is 0 Å². The second kappa shape index (κ2) is 2.75. The first kappa shape index (κ1) is 9.57. The van der Waals surface area contributed by atoms with Crippen molar-refractivity contribution in [1.82, 2.24) is 5.32 Å². The van der Waals surface area contributed by atoms with Gasteiger partial charge in [0.2, 0.25) is 0 Å². The highest BCUT2D eigenvalue weighted by atomic mass is 19.3. The fourth-order valence-corrected chi connectivity index (χ4v) is 1.45. The van der Waals surface area contributed by atoms with Gasteiger partial charge in [-0.05, 0) is 6.07 Å². The Morgan fingerprint density at radius 2 is 1.93 bits per heavy atom. The molecule has 0 aliphatic carbocycles. The Hall–Kier alpha value is -1.98. The molecule has 0 aromatic heterocycles. The van der Waals surface area contributed by atoms with Crippen LogP contribution in [0.4, 0.5) is 14.5 Å². The summed E-state index contributed by atoms with van der Waals surface area (Å²) in [7, 11) is 0. The fourth-order valence-electron chi connectivity index (χ4n) is 1.45. The molecule has 15 heavy (non-hydrogen) atoms. The maximum Gasteiger partial charge on any atom is 0.351 e. The maximum atomic E-state index is 13.3. The van der Waals surface area contributed by atoms with Crippen molar-refractivity contribution in [3.8, 4) is 0 Å². The highest BCUT2D eigenvalue weighted by molar-refractivity contribution is 6.14. The molecule has 6 heteroatoms. The van der Waals surface area contributed by atoms with Crippen LogP contribution >= 0.6 is 0 Å². The number of hydrogen-bond acceptors (Lipinski definition) is 3. The van der Waals surface area contributed by atoms with Gasteiger partial charge in [0.05, 0.1) is 5.56 Å². The zero-order valence-electron chi connectivity index (χ0n) is 7.38. The van der Waals surface area contributed by atoms with Crippen LogP contribution in [0, 0.1) is 0 Å². The largest absolute Gasteiger partial charge is 0.398 e. The molecule has 78 valence electrons. The number of rotatable bonds is 0. The van der Waals surface area contributed by atoms with Gasteiger partial charge >= 0.3 is 11.8 Å². The minimum Gasteiger partial charge on any atom is -0.398 e. The van der Waals surface area contributed by atoms with E-state index in [-0.39, 0.29) is 11.3 Å². The number of hydrogen-bond donors (Lipinski definition) is 2. The predicted octanol–water partition coefficient (Wildman–Crippen LogP) is 0.631. The highest BCUT2D eigenvalue weighted by Gasteiger charge is 2.48. The molecule has 0 saturated carbocycles. The Labute approximate surface area is 83.1 Å². The number of amides is 2. The van der Waals surface area contributed by atoms with E-state index < -0.39 is 23.3 Å². The summed E-state index contributed by atoms with van der Waals surface area (Å²) in [4.78, 5) is 22.1. The van der Waals surface area contributed by atoms with Crippen LogP contribution in [0.2, 0.25) is 0 Å². The number of nitrogen functional groups attached to an aromatic ring is 1. The van der Waals surface area contributed by atoms with Crippen molar-refractivity contribution in [3.05, 3.63) is 29.3 Å². The first-order valence-corrected chi connectivity index (χ1v) is 4.07. The lowest BCUT2D eigenvalue weighted by molar-refractivity contribution is -0.146. The van der Waals surface area contributed by atoms with Gasteiger partial charge in [0.15, 0.2) is 0 Å². The standard InChI is InChI=1S/C9H6F2N2O2/c10-9(11)4-2-1-3-5(12)6(4)7(14)13-8(9)15/h1-3H,12H2,(H,13,14,15). The molecule has 0 bridgehead atoms. The zero-order chi connectivity index (χ0) is 11.2. The molecule has 0 spiro atoms. The van der Waals surface area contributed by atoms with Gasteiger partial charge in [-0.2, -0.15) is 8.78 Å². The molecule has 0 fully saturated rings. The van der Waals surface area contributed by atoms with Crippen LogP contribution in [-0.2, 0) is 10.7 Å². The van der Waals surface area contributed by atoms with Gasteiger partial charge in [-0.3, -0.25) is 14.9 Å². The third-order valence-corrected chi connectivity index (χ3v) is 2.17. The summed E-state index contributed by atoms with van der Waals surface area (Å²) >= 11 is 0. The van der Waals surface area contributed by atoms with Crippen LogP contribution in [0.1, 0.15) is 15.9 Å². The van der Waals surface area contributed by atoms with Crippen molar-refractivity contribution < 1.29 is 18.4 Å². The third kappa shape index (κ3) is 1.18. The quantitative estimate of drug-likeness (QED) is 0.489. The number of anilines is 1. The van der Waals surface area contributed by atoms with E-state index in [2.05, 4.69) is 0 Å². The number of halogens is 2. The number of nitrogens with one attached hydrogen (secondary N) is 1. The van der Waals surface area contributed by atoms with E-state index in [1.807, 2.05) is 0 Å². The van der Waals surface area contributed by atoms with Crippen molar-refractivity contribution in [2.24, 2.45) is 0 Å². The summed E-state index contributed by atoms with van der Waals surface area (Å²) in [6.45, 7) is 0. The van der Waals surface area contributed by atoms with Crippen LogP contribution in [0.3, 0.4) is 0 Å². The Morgan fingerprint density at radius 3 is 2.60 bits per heavy atom. The minimum absolute atomic E-state index is 0.0721. The summed E-state index contributed by atoms with van der Waals surface area (Å²) in [6.07, 6.45) is 0. The molecule has 1 aliphatic rings. The van der Waals surface area contributed by atoms with E-state index in [0.29, 0.717) is 0 Å². The number of alkyl halides is 2. The first-order valence-electron chi connectivity index (χ1n) is 4.07. The third-order valence-electron chi connectivity index (χ3n) is 2.17. The maximum absolute atomic E-state index is 13.3.